The largest absolute Gasteiger partial charge is 0.370 e. The number of nitrogens with zero attached hydrogens (tertiary/aromatic N) is 4. The number of guanidine groups is 1. The quantitative estimate of drug-likeness (QED) is 0.364. The second-order valence-corrected chi connectivity index (χ2v) is 7.07. The lowest BCUT2D eigenvalue weighted by Crippen LogP contribution is -2.23. The zero-order valence-corrected chi connectivity index (χ0v) is 17.5. The molecule has 7 nitrogen and oxygen atoms in total. The van der Waals surface area contributed by atoms with Crippen LogP contribution in [-0.4, -0.2) is 55.1 Å². The monoisotopic (exact) mass is 409 g/mol. The number of aryl methyl sites for hydroxylation is 1. The molecule has 0 amide bonds. The van der Waals surface area contributed by atoms with Gasteiger partial charge in [-0.3, -0.25) is 10.3 Å². The molecule has 0 atom stereocenters. The van der Waals surface area contributed by atoms with Crippen molar-refractivity contribution in [2.24, 2.45) is 4.99 Å². The van der Waals surface area contributed by atoms with E-state index in [0.717, 1.165) is 36.7 Å². The van der Waals surface area contributed by atoms with Crippen molar-refractivity contribution in [2.45, 2.75) is 13.3 Å². The predicted octanol–water partition coefficient (Wildman–Crippen LogP) is 3.97. The minimum atomic E-state index is 0.457. The van der Waals surface area contributed by atoms with Gasteiger partial charge >= 0.3 is 0 Å². The SMILES string of the molecule is C/N=C(/Nc1ccc(Cl)c(Cl)c1)Nc1nc(C)cc(NCCCN(C)C)n1. The maximum Gasteiger partial charge on any atom is 0.231 e. The lowest BCUT2D eigenvalue weighted by atomic mass is 10.3. The van der Waals surface area contributed by atoms with E-state index in [1.54, 1.807) is 19.2 Å². The number of anilines is 3. The van der Waals surface area contributed by atoms with E-state index in [0.29, 0.717) is 22.0 Å². The lowest BCUT2D eigenvalue weighted by Gasteiger charge is -2.14. The summed E-state index contributed by atoms with van der Waals surface area (Å²) in [6.07, 6.45) is 1.03. The molecule has 9 heteroatoms. The van der Waals surface area contributed by atoms with Gasteiger partial charge in [0.25, 0.3) is 0 Å². The second kappa shape index (κ2) is 10.3. The highest BCUT2D eigenvalue weighted by Gasteiger charge is 2.07. The van der Waals surface area contributed by atoms with Gasteiger partial charge in [0.05, 0.1) is 10.0 Å². The molecule has 0 aliphatic carbocycles. The Kier molecular flexibility index (Phi) is 8.09. The molecule has 2 aromatic rings. The summed E-state index contributed by atoms with van der Waals surface area (Å²) in [7, 11) is 5.79. The van der Waals surface area contributed by atoms with Crippen LogP contribution in [0.4, 0.5) is 17.5 Å². The average molecular weight is 410 g/mol. The van der Waals surface area contributed by atoms with Crippen LogP contribution in [-0.2, 0) is 0 Å². The van der Waals surface area contributed by atoms with Crippen molar-refractivity contribution in [2.75, 3.05) is 50.2 Å². The van der Waals surface area contributed by atoms with E-state index in [4.69, 9.17) is 23.2 Å². The molecule has 0 saturated carbocycles. The summed E-state index contributed by atoms with van der Waals surface area (Å²) in [6.45, 7) is 3.78. The highest BCUT2D eigenvalue weighted by atomic mass is 35.5. The molecule has 0 radical (unpaired) electrons. The van der Waals surface area contributed by atoms with Gasteiger partial charge in [-0.25, -0.2) is 4.98 Å². The van der Waals surface area contributed by atoms with Crippen LogP contribution in [0.2, 0.25) is 10.0 Å². The van der Waals surface area contributed by atoms with E-state index in [1.165, 1.54) is 0 Å². The predicted molar refractivity (Wildman–Crippen MR) is 115 cm³/mol. The third-order valence-corrected chi connectivity index (χ3v) is 4.32. The van der Waals surface area contributed by atoms with Crippen LogP contribution in [0.1, 0.15) is 12.1 Å². The first-order chi connectivity index (χ1) is 12.9. The van der Waals surface area contributed by atoms with Crippen LogP contribution in [0.15, 0.2) is 29.3 Å². The first-order valence-electron chi connectivity index (χ1n) is 8.57. The minimum absolute atomic E-state index is 0.457. The number of hydrogen-bond donors (Lipinski definition) is 3. The fourth-order valence-corrected chi connectivity index (χ4v) is 2.58. The zero-order chi connectivity index (χ0) is 19.8. The van der Waals surface area contributed by atoms with E-state index in [-0.39, 0.29) is 0 Å². The van der Waals surface area contributed by atoms with E-state index in [9.17, 15) is 0 Å². The highest BCUT2D eigenvalue weighted by molar-refractivity contribution is 6.42. The number of benzene rings is 1. The molecule has 0 bridgehead atoms. The smallest absolute Gasteiger partial charge is 0.231 e. The first kappa shape index (κ1) is 21.2. The number of rotatable bonds is 7. The Balaban J connectivity index is 2.02. The summed E-state index contributed by atoms with van der Waals surface area (Å²) in [5.41, 5.74) is 1.61. The van der Waals surface area contributed by atoms with Crippen LogP contribution in [0.3, 0.4) is 0 Å². The van der Waals surface area contributed by atoms with Gasteiger partial charge in [-0.15, -0.1) is 0 Å². The maximum absolute atomic E-state index is 6.05. The van der Waals surface area contributed by atoms with Crippen molar-refractivity contribution >= 4 is 46.6 Å². The van der Waals surface area contributed by atoms with E-state index in [1.807, 2.05) is 19.1 Å². The normalized spacial score (nSPS) is 11.6. The summed E-state index contributed by atoms with van der Waals surface area (Å²) in [5.74, 6) is 1.73. The van der Waals surface area contributed by atoms with Gasteiger partial charge in [0.2, 0.25) is 11.9 Å². The summed E-state index contributed by atoms with van der Waals surface area (Å²) < 4.78 is 0. The van der Waals surface area contributed by atoms with Gasteiger partial charge in [-0.2, -0.15) is 4.98 Å². The molecule has 0 aliphatic heterocycles. The second-order valence-electron chi connectivity index (χ2n) is 6.25. The molecule has 2 rings (SSSR count). The molecule has 0 spiro atoms. The van der Waals surface area contributed by atoms with Gasteiger partial charge in [0.1, 0.15) is 5.82 Å². The molecule has 0 fully saturated rings. The van der Waals surface area contributed by atoms with Crippen LogP contribution < -0.4 is 16.0 Å². The van der Waals surface area contributed by atoms with Gasteiger partial charge < -0.3 is 15.5 Å². The van der Waals surface area contributed by atoms with Crippen LogP contribution in [0.25, 0.3) is 0 Å². The topological polar surface area (TPSA) is 77.5 Å². The van der Waals surface area contributed by atoms with Crippen molar-refractivity contribution < 1.29 is 0 Å². The number of aliphatic imine (C=N–C) groups is 1. The third-order valence-electron chi connectivity index (χ3n) is 3.58. The lowest BCUT2D eigenvalue weighted by molar-refractivity contribution is 0.405. The number of halogens is 2. The zero-order valence-electron chi connectivity index (χ0n) is 16.0. The van der Waals surface area contributed by atoms with Crippen molar-refractivity contribution in [1.82, 2.24) is 14.9 Å². The van der Waals surface area contributed by atoms with Gasteiger partial charge in [-0.1, -0.05) is 23.2 Å². The fourth-order valence-electron chi connectivity index (χ4n) is 2.29. The van der Waals surface area contributed by atoms with Crippen LogP contribution in [0, 0.1) is 6.92 Å². The summed E-state index contributed by atoms with van der Waals surface area (Å²) in [5, 5.41) is 10.5. The summed E-state index contributed by atoms with van der Waals surface area (Å²) in [4.78, 5) is 15.3. The Morgan fingerprint density at radius 3 is 2.56 bits per heavy atom. The minimum Gasteiger partial charge on any atom is -0.370 e. The Hall–Kier alpha value is -2.09. The summed E-state index contributed by atoms with van der Waals surface area (Å²) in [6, 6.07) is 7.18. The Bertz CT molecular complexity index is 793. The molecule has 1 aromatic heterocycles. The maximum atomic E-state index is 6.05. The van der Waals surface area contributed by atoms with Gasteiger partial charge in [-0.05, 0) is 52.2 Å². The van der Waals surface area contributed by atoms with E-state index < -0.39 is 0 Å². The molecule has 27 heavy (non-hydrogen) atoms. The standard InChI is InChI=1S/C18H25Cl2N7/c1-12-10-16(22-8-5-9-27(3)4)25-18(23-12)26-17(21-2)24-13-6-7-14(19)15(20)11-13/h6-7,10-11H,5,8-9H2,1-4H3,(H3,21,22,23,24,25,26). The molecule has 1 aromatic carbocycles. The molecule has 3 N–H and O–H groups in total. The highest BCUT2D eigenvalue weighted by Crippen LogP contribution is 2.25. The first-order valence-corrected chi connectivity index (χ1v) is 9.33. The number of aromatic nitrogens is 2. The van der Waals surface area contributed by atoms with Gasteiger partial charge in [0.15, 0.2) is 0 Å². The molecule has 0 saturated heterocycles. The molecular weight excluding hydrogens is 385 g/mol. The molecular formula is C18H25Cl2N7. The fraction of sp³-hybridized carbons (Fsp3) is 0.389. The molecule has 0 aliphatic rings. The molecule has 146 valence electrons. The van der Waals surface area contributed by atoms with Crippen molar-refractivity contribution in [3.05, 3.63) is 40.0 Å². The molecule has 0 unspecified atom stereocenters. The number of nitrogens with one attached hydrogen (secondary N) is 3. The number of hydrogen-bond acceptors (Lipinski definition) is 5. The van der Waals surface area contributed by atoms with Crippen LogP contribution in [0.5, 0.6) is 0 Å². The Labute approximate surface area is 170 Å². The van der Waals surface area contributed by atoms with Gasteiger partial charge in [0, 0.05) is 31.0 Å². The third kappa shape index (κ3) is 7.21. The molecule has 1 heterocycles. The van der Waals surface area contributed by atoms with Crippen LogP contribution >= 0.6 is 23.2 Å². The summed E-state index contributed by atoms with van der Waals surface area (Å²) >= 11 is 12.0. The van der Waals surface area contributed by atoms with E-state index >= 15 is 0 Å². The Morgan fingerprint density at radius 2 is 1.89 bits per heavy atom. The van der Waals surface area contributed by atoms with Crippen molar-refractivity contribution in [3.63, 3.8) is 0 Å². The van der Waals surface area contributed by atoms with Crippen molar-refractivity contribution in [3.8, 4) is 0 Å². The average Bonchev–Trinajstić information content (AvgIpc) is 2.60. The van der Waals surface area contributed by atoms with E-state index in [2.05, 4.69) is 49.9 Å². The van der Waals surface area contributed by atoms with Crippen molar-refractivity contribution in [1.29, 1.82) is 0 Å². The Morgan fingerprint density at radius 1 is 1.11 bits per heavy atom.